The SMILES string of the molecule is CCCOc1cc(N=Nc2cc(OC)c(N=Nc3cc(OC)c(N=Nc4ccc5cc(Nc6ccc(OC)cc6)ccc5c4O)cc3CO)cc2CO)c(C)cc1N=Nc1ccc2ccccc2c1S(=O)(=O)O. The highest BCUT2D eigenvalue weighted by atomic mass is 32.2. The molecule has 0 aliphatic rings. The van der Waals surface area contributed by atoms with Gasteiger partial charge in [0.2, 0.25) is 0 Å². The molecule has 5 N–H and O–H groups in total. The van der Waals surface area contributed by atoms with Gasteiger partial charge in [-0.2, -0.15) is 18.6 Å². The summed E-state index contributed by atoms with van der Waals surface area (Å²) in [6.45, 7) is 3.14. The van der Waals surface area contributed by atoms with Crippen molar-refractivity contribution >= 4 is 88.5 Å². The largest absolute Gasteiger partial charge is 0.505 e. The predicted octanol–water partition coefficient (Wildman–Crippen LogP) is 14.5. The molecule has 0 amide bonds. The van der Waals surface area contributed by atoms with E-state index >= 15 is 0 Å². The normalized spacial score (nSPS) is 12.0. The van der Waals surface area contributed by atoms with Crippen molar-refractivity contribution in [2.45, 2.75) is 38.4 Å². The van der Waals surface area contributed by atoms with Crippen molar-refractivity contribution in [3.63, 3.8) is 0 Å². The number of aryl methyl sites for hydroxylation is 1. The predicted molar refractivity (Wildman–Crippen MR) is 277 cm³/mol. The first-order valence-electron chi connectivity index (χ1n) is 22.6. The van der Waals surface area contributed by atoms with Gasteiger partial charge in [-0.05, 0) is 102 Å². The molecule has 0 aliphatic carbocycles. The summed E-state index contributed by atoms with van der Waals surface area (Å²) in [5.41, 5.74) is 4.83. The van der Waals surface area contributed by atoms with Crippen LogP contribution in [0.2, 0.25) is 0 Å². The third-order valence-electron chi connectivity index (χ3n) is 11.4. The first-order chi connectivity index (χ1) is 35.3. The van der Waals surface area contributed by atoms with E-state index < -0.39 is 23.3 Å². The van der Waals surface area contributed by atoms with Crippen LogP contribution in [0, 0.1) is 6.92 Å². The number of hydrogen-bond donors (Lipinski definition) is 5. The molecule has 0 aliphatic heterocycles. The number of benzene rings is 8. The van der Waals surface area contributed by atoms with Crippen LogP contribution < -0.4 is 24.3 Å². The molecule has 8 aromatic carbocycles. The smallest absolute Gasteiger partial charge is 0.297 e. The van der Waals surface area contributed by atoms with Crippen LogP contribution in [-0.4, -0.2) is 56.2 Å². The zero-order valence-electron chi connectivity index (χ0n) is 40.2. The average Bonchev–Trinajstić information content (AvgIpc) is 3.40. The Morgan fingerprint density at radius 3 is 1.66 bits per heavy atom. The fourth-order valence-electron chi connectivity index (χ4n) is 7.61. The zero-order valence-corrected chi connectivity index (χ0v) is 41.0. The zero-order chi connectivity index (χ0) is 51.6. The van der Waals surface area contributed by atoms with E-state index in [4.69, 9.17) is 18.9 Å². The third kappa shape index (κ3) is 11.6. The first-order valence-corrected chi connectivity index (χ1v) is 24.0. The number of azo groups is 4. The van der Waals surface area contributed by atoms with Gasteiger partial charge in [-0.15, -0.1) is 30.7 Å². The third-order valence-corrected chi connectivity index (χ3v) is 12.3. The van der Waals surface area contributed by atoms with Crippen molar-refractivity contribution in [2.24, 2.45) is 40.9 Å². The number of phenolic OH excluding ortho intramolecular Hbond substituents is 1. The second kappa shape index (κ2) is 22.6. The summed E-state index contributed by atoms with van der Waals surface area (Å²) in [6.07, 6.45) is 0.668. The van der Waals surface area contributed by atoms with Gasteiger partial charge >= 0.3 is 0 Å². The van der Waals surface area contributed by atoms with Crippen LogP contribution in [0.25, 0.3) is 21.5 Å². The van der Waals surface area contributed by atoms with E-state index in [2.05, 4.69) is 46.2 Å². The summed E-state index contributed by atoms with van der Waals surface area (Å²) in [6, 6.07) is 35.9. The highest BCUT2D eigenvalue weighted by Gasteiger charge is 2.21. The van der Waals surface area contributed by atoms with Gasteiger partial charge in [0.15, 0.2) is 5.75 Å². The number of nitrogens with zero attached hydrogens (tertiary/aromatic N) is 8. The molecule has 0 atom stereocenters. The fraction of sp³-hybridized carbons (Fsp3) is 0.170. The highest BCUT2D eigenvalue weighted by Crippen LogP contribution is 2.43. The quantitative estimate of drug-likeness (QED) is 0.0376. The molecule has 0 aromatic heterocycles. The molecule has 8 aromatic rings. The molecule has 0 radical (unpaired) electrons. The molecule has 0 unspecified atom stereocenters. The van der Waals surface area contributed by atoms with Gasteiger partial charge < -0.3 is 39.6 Å². The second-order valence-corrected chi connectivity index (χ2v) is 17.6. The van der Waals surface area contributed by atoms with E-state index in [9.17, 15) is 28.3 Å². The Morgan fingerprint density at radius 2 is 1.05 bits per heavy atom. The summed E-state index contributed by atoms with van der Waals surface area (Å²) in [4.78, 5) is -0.366. The van der Waals surface area contributed by atoms with Crippen molar-refractivity contribution in [3.05, 3.63) is 144 Å². The Balaban J connectivity index is 1.02. The molecule has 372 valence electrons. The van der Waals surface area contributed by atoms with Gasteiger partial charge in [0.25, 0.3) is 10.1 Å². The second-order valence-electron chi connectivity index (χ2n) is 16.2. The molecule has 0 saturated heterocycles. The van der Waals surface area contributed by atoms with Crippen LogP contribution in [0.5, 0.6) is 28.7 Å². The lowest BCUT2D eigenvalue weighted by atomic mass is 10.1. The molecular weight excluding hydrogens is 955 g/mol. The Kier molecular flexibility index (Phi) is 15.7. The van der Waals surface area contributed by atoms with Crippen LogP contribution >= 0.6 is 0 Å². The fourth-order valence-corrected chi connectivity index (χ4v) is 8.45. The van der Waals surface area contributed by atoms with Gasteiger partial charge in [-0.3, -0.25) is 4.55 Å². The molecule has 8 rings (SSSR count). The maximum absolute atomic E-state index is 12.5. The number of rotatable bonds is 19. The van der Waals surface area contributed by atoms with Gasteiger partial charge in [0, 0.05) is 51.5 Å². The maximum atomic E-state index is 12.5. The van der Waals surface area contributed by atoms with Crippen molar-refractivity contribution in [1.29, 1.82) is 0 Å². The molecule has 19 nitrogen and oxygen atoms in total. The van der Waals surface area contributed by atoms with E-state index in [0.717, 1.165) is 22.5 Å². The maximum Gasteiger partial charge on any atom is 0.297 e. The van der Waals surface area contributed by atoms with Crippen molar-refractivity contribution < 1.29 is 47.2 Å². The topological polar surface area (TPSA) is 263 Å². The highest BCUT2D eigenvalue weighted by molar-refractivity contribution is 7.86. The number of methoxy groups -OCH3 is 3. The Morgan fingerprint density at radius 1 is 0.521 bits per heavy atom. The lowest BCUT2D eigenvalue weighted by Gasteiger charge is -2.11. The van der Waals surface area contributed by atoms with Crippen LogP contribution in [0.15, 0.2) is 173 Å². The minimum Gasteiger partial charge on any atom is -0.505 e. The number of nitrogens with one attached hydrogen (secondary N) is 1. The Bertz CT molecular complexity index is 3590. The van der Waals surface area contributed by atoms with E-state index in [1.165, 1.54) is 26.4 Å². The standard InChI is InChI=1S/C53H49N9O10S/c1-6-21-72-51-26-43(31(2)22-46(51)60-56-42-20-11-32-9-7-8-10-40(32)53(42)73(66,67)68)57-58-44-27-50(71-5)48(25-34(44)29-63)62-59-45-28-49(70-4)47(24-35(45)30-64)61-55-41-19-12-33-23-37(15-18-39(33)52(41)65)54-36-13-16-38(69-3)17-14-36/h7-20,22-28,54,63-65H,6,21,29-30H2,1-5H3,(H,66,67,68). The molecule has 0 saturated carbocycles. The molecule has 0 fully saturated rings. The van der Waals surface area contributed by atoms with Crippen LogP contribution in [-0.2, 0) is 23.3 Å². The number of ether oxygens (including phenoxy) is 4. The van der Waals surface area contributed by atoms with Gasteiger partial charge in [0.1, 0.15) is 56.3 Å². The molecule has 0 spiro atoms. The van der Waals surface area contributed by atoms with Crippen LogP contribution in [0.1, 0.15) is 30.0 Å². The number of anilines is 2. The number of aliphatic hydroxyl groups is 2. The number of aromatic hydroxyl groups is 1. The van der Waals surface area contributed by atoms with Crippen molar-refractivity contribution in [2.75, 3.05) is 33.3 Å². The summed E-state index contributed by atoms with van der Waals surface area (Å²) in [7, 11) is -0.180. The van der Waals surface area contributed by atoms with Gasteiger partial charge in [0.05, 0.1) is 58.2 Å². The monoisotopic (exact) mass is 1000 g/mol. The van der Waals surface area contributed by atoms with E-state index in [0.29, 0.717) is 57.3 Å². The minimum atomic E-state index is -4.68. The summed E-state index contributed by atoms with van der Waals surface area (Å²) < 4.78 is 57.7. The number of aliphatic hydroxyl groups excluding tert-OH is 2. The molecule has 20 heteroatoms. The molecule has 73 heavy (non-hydrogen) atoms. The van der Waals surface area contributed by atoms with Crippen LogP contribution in [0.4, 0.5) is 56.9 Å². The van der Waals surface area contributed by atoms with Crippen molar-refractivity contribution in [3.8, 4) is 28.7 Å². The van der Waals surface area contributed by atoms with Crippen molar-refractivity contribution in [1.82, 2.24) is 0 Å². The lowest BCUT2D eigenvalue weighted by molar-refractivity contribution is 0.282. The number of fused-ring (bicyclic) bond motifs is 2. The molecule has 0 bridgehead atoms. The molecule has 0 heterocycles. The average molecular weight is 1000 g/mol. The first kappa shape index (κ1) is 50.7. The summed E-state index contributed by atoms with van der Waals surface area (Å²) in [5, 5.41) is 72.6. The van der Waals surface area contributed by atoms with Gasteiger partial charge in [-0.1, -0.05) is 43.3 Å². The number of hydrogen-bond acceptors (Lipinski definition) is 18. The molecular formula is C53H49N9O10S. The summed E-state index contributed by atoms with van der Waals surface area (Å²) >= 11 is 0. The minimum absolute atomic E-state index is 0.0573. The Hall–Kier alpha value is -8.69. The van der Waals surface area contributed by atoms with E-state index in [1.54, 1.807) is 86.8 Å². The van der Waals surface area contributed by atoms with E-state index in [1.807, 2.05) is 49.4 Å². The van der Waals surface area contributed by atoms with E-state index in [-0.39, 0.29) is 62.0 Å². The number of phenols is 1. The van der Waals surface area contributed by atoms with Gasteiger partial charge in [-0.25, -0.2) is 0 Å². The van der Waals surface area contributed by atoms with Crippen LogP contribution in [0.3, 0.4) is 0 Å². The summed E-state index contributed by atoms with van der Waals surface area (Å²) in [5.74, 6) is 1.48. The Labute approximate surface area is 419 Å². The lowest BCUT2D eigenvalue weighted by Crippen LogP contribution is -1.99.